The molecule has 3 rings (SSSR count). The van der Waals surface area contributed by atoms with Crippen LogP contribution in [0.5, 0.6) is 0 Å². The van der Waals surface area contributed by atoms with Crippen molar-refractivity contribution in [3.63, 3.8) is 0 Å². The molecule has 1 aromatic heterocycles. The SMILES string of the molecule is Cn1c(=O)n(CC(=O)NCc2ccccc2Cl)c2ccccc21. The number of hydrogen-bond acceptors (Lipinski definition) is 2. The molecule has 0 saturated heterocycles. The molecule has 0 spiro atoms. The van der Waals surface area contributed by atoms with Crippen LogP contribution < -0.4 is 11.0 Å². The van der Waals surface area contributed by atoms with E-state index in [4.69, 9.17) is 11.6 Å². The maximum absolute atomic E-state index is 12.3. The molecule has 1 N–H and O–H groups in total. The van der Waals surface area contributed by atoms with Crippen LogP contribution in [0.3, 0.4) is 0 Å². The molecule has 0 unspecified atom stereocenters. The molecule has 0 radical (unpaired) electrons. The van der Waals surface area contributed by atoms with Crippen LogP contribution in [0.4, 0.5) is 0 Å². The van der Waals surface area contributed by atoms with Gasteiger partial charge < -0.3 is 5.32 Å². The topological polar surface area (TPSA) is 56.0 Å². The smallest absolute Gasteiger partial charge is 0.329 e. The first-order valence-corrected chi connectivity index (χ1v) is 7.60. The van der Waals surface area contributed by atoms with Gasteiger partial charge in [-0.2, -0.15) is 0 Å². The number of fused-ring (bicyclic) bond motifs is 1. The standard InChI is InChI=1S/C17H16ClN3O2/c1-20-14-8-4-5-9-15(14)21(17(20)23)11-16(22)19-10-12-6-2-3-7-13(12)18/h2-9H,10-11H2,1H3,(H,19,22). The van der Waals surface area contributed by atoms with Gasteiger partial charge in [-0.05, 0) is 23.8 Å². The summed E-state index contributed by atoms with van der Waals surface area (Å²) >= 11 is 6.06. The highest BCUT2D eigenvalue weighted by Crippen LogP contribution is 2.14. The van der Waals surface area contributed by atoms with Crippen molar-refractivity contribution in [3.8, 4) is 0 Å². The Labute approximate surface area is 138 Å². The Bertz CT molecular complexity index is 927. The Morgan fingerprint density at radius 1 is 1.09 bits per heavy atom. The van der Waals surface area contributed by atoms with E-state index in [0.717, 1.165) is 16.6 Å². The van der Waals surface area contributed by atoms with E-state index in [1.807, 2.05) is 42.5 Å². The molecule has 1 amide bonds. The van der Waals surface area contributed by atoms with Gasteiger partial charge in [0.05, 0.1) is 11.0 Å². The molecule has 0 fully saturated rings. The first-order chi connectivity index (χ1) is 11.1. The van der Waals surface area contributed by atoms with E-state index in [1.165, 1.54) is 9.13 Å². The molecule has 0 atom stereocenters. The molecule has 23 heavy (non-hydrogen) atoms. The van der Waals surface area contributed by atoms with Gasteiger partial charge in [-0.1, -0.05) is 41.9 Å². The van der Waals surface area contributed by atoms with Crippen LogP contribution in [0.2, 0.25) is 5.02 Å². The second kappa shape index (κ2) is 6.30. The Balaban J connectivity index is 1.78. The van der Waals surface area contributed by atoms with Crippen molar-refractivity contribution in [2.75, 3.05) is 0 Å². The van der Waals surface area contributed by atoms with Crippen molar-refractivity contribution >= 4 is 28.5 Å². The van der Waals surface area contributed by atoms with Gasteiger partial charge in [0.15, 0.2) is 0 Å². The quantitative estimate of drug-likeness (QED) is 0.798. The second-order valence-electron chi connectivity index (χ2n) is 5.28. The van der Waals surface area contributed by atoms with Crippen LogP contribution in [0, 0.1) is 0 Å². The van der Waals surface area contributed by atoms with E-state index in [0.29, 0.717) is 11.6 Å². The number of imidazole rings is 1. The minimum atomic E-state index is -0.233. The summed E-state index contributed by atoms with van der Waals surface area (Å²) < 4.78 is 3.01. The highest BCUT2D eigenvalue weighted by molar-refractivity contribution is 6.31. The second-order valence-corrected chi connectivity index (χ2v) is 5.69. The molecule has 0 saturated carbocycles. The van der Waals surface area contributed by atoms with Gasteiger partial charge in [0, 0.05) is 18.6 Å². The third-order valence-corrected chi connectivity index (χ3v) is 4.16. The number of benzene rings is 2. The zero-order valence-corrected chi connectivity index (χ0v) is 13.4. The summed E-state index contributed by atoms with van der Waals surface area (Å²) in [4.78, 5) is 24.5. The number of carbonyl (C=O) groups excluding carboxylic acids is 1. The fourth-order valence-corrected chi connectivity index (χ4v) is 2.75. The van der Waals surface area contributed by atoms with Crippen LogP contribution in [0.1, 0.15) is 5.56 Å². The van der Waals surface area contributed by atoms with Gasteiger partial charge in [-0.15, -0.1) is 0 Å². The predicted molar refractivity (Wildman–Crippen MR) is 90.5 cm³/mol. The highest BCUT2D eigenvalue weighted by Gasteiger charge is 2.13. The van der Waals surface area contributed by atoms with Crippen LogP contribution >= 0.6 is 11.6 Å². The maximum atomic E-state index is 12.3. The Kier molecular flexibility index (Phi) is 4.21. The summed E-state index contributed by atoms with van der Waals surface area (Å²) in [7, 11) is 1.70. The monoisotopic (exact) mass is 329 g/mol. The van der Waals surface area contributed by atoms with E-state index in [-0.39, 0.29) is 18.1 Å². The van der Waals surface area contributed by atoms with Crippen LogP contribution in [-0.4, -0.2) is 15.0 Å². The van der Waals surface area contributed by atoms with Crippen molar-refractivity contribution in [1.82, 2.24) is 14.5 Å². The van der Waals surface area contributed by atoms with E-state index in [9.17, 15) is 9.59 Å². The Morgan fingerprint density at radius 3 is 2.48 bits per heavy atom. The van der Waals surface area contributed by atoms with Crippen LogP contribution in [0.15, 0.2) is 53.3 Å². The van der Waals surface area contributed by atoms with E-state index >= 15 is 0 Å². The summed E-state index contributed by atoms with van der Waals surface area (Å²) in [6.07, 6.45) is 0. The summed E-state index contributed by atoms with van der Waals surface area (Å²) in [5.41, 5.74) is 2.18. The van der Waals surface area contributed by atoms with Gasteiger partial charge in [-0.25, -0.2) is 4.79 Å². The molecular formula is C17H16ClN3O2. The molecule has 0 aliphatic carbocycles. The zero-order chi connectivity index (χ0) is 16.4. The molecule has 6 heteroatoms. The van der Waals surface area contributed by atoms with Crippen molar-refractivity contribution in [2.45, 2.75) is 13.1 Å². The number of para-hydroxylation sites is 2. The molecule has 0 aliphatic rings. The van der Waals surface area contributed by atoms with Gasteiger partial charge >= 0.3 is 5.69 Å². The average Bonchev–Trinajstić information content (AvgIpc) is 2.80. The van der Waals surface area contributed by atoms with Crippen molar-refractivity contribution < 1.29 is 4.79 Å². The third kappa shape index (κ3) is 3.00. The van der Waals surface area contributed by atoms with E-state index in [1.54, 1.807) is 13.1 Å². The summed E-state index contributed by atoms with van der Waals surface area (Å²) in [5.74, 6) is -0.233. The minimum absolute atomic E-state index is 0.0232. The largest absolute Gasteiger partial charge is 0.350 e. The van der Waals surface area contributed by atoms with Crippen molar-refractivity contribution in [2.24, 2.45) is 7.05 Å². The van der Waals surface area contributed by atoms with Crippen molar-refractivity contribution in [1.29, 1.82) is 0 Å². The maximum Gasteiger partial charge on any atom is 0.329 e. The third-order valence-electron chi connectivity index (χ3n) is 3.79. The lowest BCUT2D eigenvalue weighted by Crippen LogP contribution is -2.32. The number of nitrogens with one attached hydrogen (secondary N) is 1. The normalized spacial score (nSPS) is 10.9. The number of nitrogens with zero attached hydrogens (tertiary/aromatic N) is 2. The lowest BCUT2D eigenvalue weighted by atomic mass is 10.2. The predicted octanol–water partition coefficient (Wildman–Crippen LogP) is 2.31. The van der Waals surface area contributed by atoms with Crippen LogP contribution in [0.25, 0.3) is 11.0 Å². The summed E-state index contributed by atoms with van der Waals surface area (Å²) in [5, 5.41) is 3.40. The molecule has 1 heterocycles. The Morgan fingerprint density at radius 2 is 1.74 bits per heavy atom. The van der Waals surface area contributed by atoms with E-state index in [2.05, 4.69) is 5.32 Å². The summed E-state index contributed by atoms with van der Waals surface area (Å²) in [6.45, 7) is 0.308. The zero-order valence-electron chi connectivity index (χ0n) is 12.6. The molecule has 3 aromatic rings. The molecular weight excluding hydrogens is 314 g/mol. The van der Waals surface area contributed by atoms with Gasteiger partial charge in [0.25, 0.3) is 0 Å². The molecule has 5 nitrogen and oxygen atoms in total. The molecule has 118 valence electrons. The fourth-order valence-electron chi connectivity index (χ4n) is 2.55. The molecule has 0 aliphatic heterocycles. The number of carbonyl (C=O) groups is 1. The first kappa shape index (κ1) is 15.4. The van der Waals surface area contributed by atoms with E-state index < -0.39 is 0 Å². The van der Waals surface area contributed by atoms with Gasteiger partial charge in [-0.3, -0.25) is 13.9 Å². The van der Waals surface area contributed by atoms with Gasteiger partial charge in [0.2, 0.25) is 5.91 Å². The minimum Gasteiger partial charge on any atom is -0.350 e. The molecule has 0 bridgehead atoms. The van der Waals surface area contributed by atoms with Gasteiger partial charge in [0.1, 0.15) is 6.54 Å². The number of aromatic nitrogens is 2. The molecule has 2 aromatic carbocycles. The summed E-state index contributed by atoms with van der Waals surface area (Å²) in [6, 6.07) is 14.7. The lowest BCUT2D eigenvalue weighted by Gasteiger charge is -2.07. The Hall–Kier alpha value is -2.53. The number of hydrogen-bond donors (Lipinski definition) is 1. The average molecular weight is 330 g/mol. The number of amides is 1. The number of aryl methyl sites for hydroxylation is 1. The number of halogens is 1. The number of rotatable bonds is 4. The fraction of sp³-hybridized carbons (Fsp3) is 0.176. The lowest BCUT2D eigenvalue weighted by molar-refractivity contribution is -0.121. The first-order valence-electron chi connectivity index (χ1n) is 7.22. The van der Waals surface area contributed by atoms with Crippen LogP contribution in [-0.2, 0) is 24.9 Å². The van der Waals surface area contributed by atoms with Crippen molar-refractivity contribution in [3.05, 3.63) is 69.6 Å². The highest BCUT2D eigenvalue weighted by atomic mass is 35.5.